The lowest BCUT2D eigenvalue weighted by Gasteiger charge is -2.41. The zero-order valence-electron chi connectivity index (χ0n) is 13.2. The first-order valence-electron chi connectivity index (χ1n) is 8.93. The third kappa shape index (κ3) is 4.49. The molecule has 2 aliphatic rings. The number of rotatable bonds is 7. The quantitative estimate of drug-likeness (QED) is 0.645. The summed E-state index contributed by atoms with van der Waals surface area (Å²) in [6.45, 7) is 2.27. The van der Waals surface area contributed by atoms with E-state index >= 15 is 0 Å². The first kappa shape index (κ1) is 15.9. The summed E-state index contributed by atoms with van der Waals surface area (Å²) in [5, 5.41) is 9.17. The standard InChI is InChI=1S/C18H32O2/c1-2-3-4-5-6-7-14-8-9-16-13-17(18(19)20)11-10-15(16)12-14/h14-17H,2-13H2,1H3,(H,19,20)/t14-,15-,16-,17+/m1/s1. The van der Waals surface area contributed by atoms with Gasteiger partial charge in [-0.05, 0) is 49.9 Å². The normalized spacial score (nSPS) is 33.6. The highest BCUT2D eigenvalue weighted by atomic mass is 16.4. The second kappa shape index (κ2) is 8.05. The maximum Gasteiger partial charge on any atom is 0.306 e. The van der Waals surface area contributed by atoms with E-state index < -0.39 is 5.97 Å². The summed E-state index contributed by atoms with van der Waals surface area (Å²) in [5.74, 6) is 1.92. The molecule has 0 saturated heterocycles. The van der Waals surface area contributed by atoms with Crippen LogP contribution in [-0.4, -0.2) is 11.1 Å². The van der Waals surface area contributed by atoms with Crippen LogP contribution in [0.1, 0.15) is 84.0 Å². The van der Waals surface area contributed by atoms with Crippen LogP contribution in [0.25, 0.3) is 0 Å². The summed E-state index contributed by atoms with van der Waals surface area (Å²) < 4.78 is 0. The van der Waals surface area contributed by atoms with Crippen molar-refractivity contribution < 1.29 is 9.90 Å². The van der Waals surface area contributed by atoms with Gasteiger partial charge in [0.1, 0.15) is 0 Å². The molecule has 0 radical (unpaired) electrons. The minimum atomic E-state index is -0.554. The van der Waals surface area contributed by atoms with Crippen molar-refractivity contribution in [3.8, 4) is 0 Å². The fourth-order valence-corrected chi connectivity index (χ4v) is 4.51. The topological polar surface area (TPSA) is 37.3 Å². The van der Waals surface area contributed by atoms with Crippen molar-refractivity contribution in [2.75, 3.05) is 0 Å². The second-order valence-electron chi connectivity index (χ2n) is 7.25. The molecule has 20 heavy (non-hydrogen) atoms. The fraction of sp³-hybridized carbons (Fsp3) is 0.944. The Morgan fingerprint density at radius 1 is 0.950 bits per heavy atom. The number of fused-ring (bicyclic) bond motifs is 1. The van der Waals surface area contributed by atoms with E-state index in [9.17, 15) is 4.79 Å². The molecular formula is C18H32O2. The number of unbranched alkanes of at least 4 members (excludes halogenated alkanes) is 4. The predicted molar refractivity (Wildman–Crippen MR) is 82.7 cm³/mol. The average molecular weight is 280 g/mol. The zero-order valence-corrected chi connectivity index (χ0v) is 13.2. The van der Waals surface area contributed by atoms with Gasteiger partial charge in [0.25, 0.3) is 0 Å². The lowest BCUT2D eigenvalue weighted by molar-refractivity contribution is -0.144. The minimum absolute atomic E-state index is 0.0400. The molecule has 0 aromatic carbocycles. The first-order valence-corrected chi connectivity index (χ1v) is 8.93. The van der Waals surface area contributed by atoms with Gasteiger partial charge in [-0.2, -0.15) is 0 Å². The molecule has 116 valence electrons. The Kier molecular flexibility index (Phi) is 6.38. The van der Waals surface area contributed by atoms with Crippen LogP contribution in [0.3, 0.4) is 0 Å². The van der Waals surface area contributed by atoms with Crippen LogP contribution in [0, 0.1) is 23.7 Å². The van der Waals surface area contributed by atoms with Crippen LogP contribution in [0.5, 0.6) is 0 Å². The summed E-state index contributed by atoms with van der Waals surface area (Å²) in [6.07, 6.45) is 15.5. The van der Waals surface area contributed by atoms with E-state index in [1.54, 1.807) is 0 Å². The number of carbonyl (C=O) groups is 1. The first-order chi connectivity index (χ1) is 9.70. The summed E-state index contributed by atoms with van der Waals surface area (Å²) in [6, 6.07) is 0. The van der Waals surface area contributed by atoms with Crippen LogP contribution in [0.4, 0.5) is 0 Å². The molecule has 0 amide bonds. The molecule has 4 atom stereocenters. The van der Waals surface area contributed by atoms with Crippen LogP contribution >= 0.6 is 0 Å². The molecular weight excluding hydrogens is 248 g/mol. The van der Waals surface area contributed by atoms with Crippen molar-refractivity contribution in [1.29, 1.82) is 0 Å². The maximum atomic E-state index is 11.1. The molecule has 0 heterocycles. The SMILES string of the molecule is CCCCCCC[C@@H]1CC[C@@H]2C[C@@H](C(=O)O)CC[C@@H]2C1. The Balaban J connectivity index is 1.66. The van der Waals surface area contributed by atoms with Gasteiger partial charge in [0.05, 0.1) is 5.92 Å². The lowest BCUT2D eigenvalue weighted by Crippen LogP contribution is -2.33. The molecule has 0 aliphatic heterocycles. The highest BCUT2D eigenvalue weighted by molar-refractivity contribution is 5.70. The van der Waals surface area contributed by atoms with Crippen molar-refractivity contribution in [2.24, 2.45) is 23.7 Å². The number of hydrogen-bond donors (Lipinski definition) is 1. The van der Waals surface area contributed by atoms with Gasteiger partial charge in [0, 0.05) is 0 Å². The third-order valence-corrected chi connectivity index (χ3v) is 5.79. The van der Waals surface area contributed by atoms with Crippen molar-refractivity contribution in [1.82, 2.24) is 0 Å². The van der Waals surface area contributed by atoms with Gasteiger partial charge in [-0.15, -0.1) is 0 Å². The molecule has 2 aliphatic carbocycles. The van der Waals surface area contributed by atoms with E-state index in [0.29, 0.717) is 0 Å². The summed E-state index contributed by atoms with van der Waals surface area (Å²) in [5.41, 5.74) is 0. The van der Waals surface area contributed by atoms with Crippen molar-refractivity contribution in [2.45, 2.75) is 84.0 Å². The van der Waals surface area contributed by atoms with Crippen LogP contribution in [0.2, 0.25) is 0 Å². The summed E-state index contributed by atoms with van der Waals surface area (Å²) in [4.78, 5) is 11.1. The molecule has 0 bridgehead atoms. The highest BCUT2D eigenvalue weighted by Crippen LogP contribution is 2.45. The Hall–Kier alpha value is -0.530. The molecule has 2 nitrogen and oxygen atoms in total. The molecule has 2 saturated carbocycles. The van der Waals surface area contributed by atoms with Gasteiger partial charge in [-0.1, -0.05) is 51.9 Å². The zero-order chi connectivity index (χ0) is 14.4. The maximum absolute atomic E-state index is 11.1. The van der Waals surface area contributed by atoms with Gasteiger partial charge in [0.15, 0.2) is 0 Å². The Morgan fingerprint density at radius 2 is 1.65 bits per heavy atom. The predicted octanol–water partition coefficient (Wildman–Crippen LogP) is 5.26. The van der Waals surface area contributed by atoms with Crippen molar-refractivity contribution in [3.05, 3.63) is 0 Å². The van der Waals surface area contributed by atoms with Gasteiger partial charge in [-0.3, -0.25) is 4.79 Å². The lowest BCUT2D eigenvalue weighted by atomic mass is 9.64. The van der Waals surface area contributed by atoms with E-state index in [2.05, 4.69) is 6.92 Å². The molecule has 1 N–H and O–H groups in total. The van der Waals surface area contributed by atoms with Crippen molar-refractivity contribution >= 4 is 5.97 Å². The number of hydrogen-bond acceptors (Lipinski definition) is 1. The van der Waals surface area contributed by atoms with Crippen LogP contribution in [-0.2, 0) is 4.79 Å². The summed E-state index contributed by atoms with van der Waals surface area (Å²) >= 11 is 0. The number of aliphatic carboxylic acids is 1. The van der Waals surface area contributed by atoms with Crippen LogP contribution in [0.15, 0.2) is 0 Å². The van der Waals surface area contributed by atoms with Crippen molar-refractivity contribution in [3.63, 3.8) is 0 Å². The Labute approximate surface area is 124 Å². The molecule has 0 spiro atoms. The van der Waals surface area contributed by atoms with Gasteiger partial charge in [0.2, 0.25) is 0 Å². The molecule has 0 aromatic rings. The smallest absolute Gasteiger partial charge is 0.306 e. The van der Waals surface area contributed by atoms with Gasteiger partial charge < -0.3 is 5.11 Å². The van der Waals surface area contributed by atoms with E-state index in [1.807, 2.05) is 0 Å². The molecule has 2 fully saturated rings. The van der Waals surface area contributed by atoms with Gasteiger partial charge in [-0.25, -0.2) is 0 Å². The summed E-state index contributed by atoms with van der Waals surface area (Å²) in [7, 11) is 0. The average Bonchev–Trinajstić information content (AvgIpc) is 2.46. The van der Waals surface area contributed by atoms with E-state index in [0.717, 1.165) is 30.6 Å². The largest absolute Gasteiger partial charge is 0.481 e. The Morgan fingerprint density at radius 3 is 2.40 bits per heavy atom. The molecule has 0 aromatic heterocycles. The van der Waals surface area contributed by atoms with E-state index in [-0.39, 0.29) is 5.92 Å². The molecule has 0 unspecified atom stereocenters. The van der Waals surface area contributed by atoms with Crippen LogP contribution < -0.4 is 0 Å². The van der Waals surface area contributed by atoms with Gasteiger partial charge >= 0.3 is 5.97 Å². The third-order valence-electron chi connectivity index (χ3n) is 5.79. The Bertz CT molecular complexity index is 300. The number of carboxylic acid groups (broad SMARTS) is 1. The highest BCUT2D eigenvalue weighted by Gasteiger charge is 2.37. The van der Waals surface area contributed by atoms with E-state index in [4.69, 9.17) is 5.11 Å². The fourth-order valence-electron chi connectivity index (χ4n) is 4.51. The molecule has 2 heteroatoms. The monoisotopic (exact) mass is 280 g/mol. The number of carboxylic acids is 1. The molecule has 2 rings (SSSR count). The minimum Gasteiger partial charge on any atom is -0.481 e. The second-order valence-corrected chi connectivity index (χ2v) is 7.25. The van der Waals surface area contributed by atoms with E-state index in [1.165, 1.54) is 64.2 Å².